The van der Waals surface area contributed by atoms with Crippen molar-refractivity contribution >= 4 is 89.8 Å². The minimum atomic E-state index is -6.22. The summed E-state index contributed by atoms with van der Waals surface area (Å²) in [7, 11) is -6.22. The predicted octanol–water partition coefficient (Wildman–Crippen LogP) is 4.01. The SMILES string of the molecule is O=C1OC2(Oc3c1cc(I)c(I)c3I)C1CC3CC2CC(OC(=O)C(F)(F)S(=O)(=O)[O-])(C3)C1. The summed E-state index contributed by atoms with van der Waals surface area (Å²) in [5.74, 6) is -4.69. The standard InChI is InChI=1S/C19H15F2I3O8S/c20-19(21,33(27,28)29)16(26)32-17-4-7-1-8(5-17)18(9(2-7)6-17)30-14-10(15(25)31-18)3-11(22)12(23)13(14)24/h3,7-9H,1-2,4-6H2,(H,27,28,29)/p-1. The number of esters is 2. The van der Waals surface area contributed by atoms with Gasteiger partial charge in [-0.3, -0.25) is 0 Å². The van der Waals surface area contributed by atoms with Crippen molar-refractivity contribution in [1.29, 1.82) is 0 Å². The Bertz CT molecular complexity index is 1190. The molecular weight excluding hydrogens is 807 g/mol. The quantitative estimate of drug-likeness (QED) is 0.195. The van der Waals surface area contributed by atoms with E-state index >= 15 is 0 Å². The number of rotatable bonds is 3. The first-order valence-electron chi connectivity index (χ1n) is 9.86. The van der Waals surface area contributed by atoms with Gasteiger partial charge in [0.15, 0.2) is 15.9 Å². The van der Waals surface area contributed by atoms with E-state index in [9.17, 15) is 31.3 Å². The van der Waals surface area contributed by atoms with Crippen LogP contribution >= 0.6 is 67.8 Å². The number of carbonyl (C=O) groups excluding carboxylic acids is 2. The predicted molar refractivity (Wildman–Crippen MR) is 130 cm³/mol. The molecule has 0 N–H and O–H groups in total. The van der Waals surface area contributed by atoms with Gasteiger partial charge in [-0.1, -0.05) is 0 Å². The van der Waals surface area contributed by atoms with E-state index in [0.29, 0.717) is 24.2 Å². The smallest absolute Gasteiger partial charge is 0.428 e. The van der Waals surface area contributed by atoms with Crippen LogP contribution in [0.2, 0.25) is 0 Å². The highest BCUT2D eigenvalue weighted by Gasteiger charge is 2.69. The number of benzene rings is 1. The molecule has 0 amide bonds. The van der Waals surface area contributed by atoms with Crippen LogP contribution in [-0.4, -0.2) is 41.6 Å². The average Bonchev–Trinajstić information content (AvgIpc) is 2.70. The van der Waals surface area contributed by atoms with Crippen LogP contribution < -0.4 is 4.74 Å². The first-order chi connectivity index (χ1) is 15.2. The zero-order valence-corrected chi connectivity index (χ0v) is 23.7. The molecule has 6 rings (SSSR count). The summed E-state index contributed by atoms with van der Waals surface area (Å²) in [4.78, 5) is 25.0. The van der Waals surface area contributed by atoms with Gasteiger partial charge in [0.05, 0.1) is 3.57 Å². The Kier molecular flexibility index (Phi) is 5.75. The van der Waals surface area contributed by atoms with Crippen molar-refractivity contribution in [1.82, 2.24) is 0 Å². The molecule has 180 valence electrons. The molecule has 4 fully saturated rings. The molecule has 14 heteroatoms. The van der Waals surface area contributed by atoms with Gasteiger partial charge in [0.2, 0.25) is 0 Å². The molecular formula is C19H14F2I3O8S-. The maximum absolute atomic E-state index is 13.8. The van der Waals surface area contributed by atoms with Crippen molar-refractivity contribution in [2.24, 2.45) is 17.8 Å². The van der Waals surface area contributed by atoms with Crippen molar-refractivity contribution in [3.63, 3.8) is 0 Å². The summed E-state index contributed by atoms with van der Waals surface area (Å²) >= 11 is 6.40. The molecule has 4 bridgehead atoms. The first-order valence-corrected chi connectivity index (χ1v) is 14.5. The summed E-state index contributed by atoms with van der Waals surface area (Å²) in [5, 5.41) is -5.18. The van der Waals surface area contributed by atoms with Crippen LogP contribution in [0.25, 0.3) is 0 Å². The fourth-order valence-corrected chi connectivity index (χ4v) is 8.32. The Morgan fingerprint density at radius 2 is 1.73 bits per heavy atom. The fraction of sp³-hybridized carbons (Fsp3) is 0.579. The van der Waals surface area contributed by atoms with E-state index in [0.717, 1.165) is 10.7 Å². The van der Waals surface area contributed by atoms with Crippen LogP contribution in [0, 0.1) is 28.5 Å². The van der Waals surface area contributed by atoms with Gasteiger partial charge in [-0.25, -0.2) is 18.0 Å². The van der Waals surface area contributed by atoms with Crippen LogP contribution in [0.4, 0.5) is 8.78 Å². The molecule has 33 heavy (non-hydrogen) atoms. The maximum atomic E-state index is 13.8. The molecule has 1 spiro atoms. The Balaban J connectivity index is 1.48. The molecule has 0 radical (unpaired) electrons. The number of halogens is 5. The third-order valence-corrected chi connectivity index (χ3v) is 12.8. The lowest BCUT2D eigenvalue weighted by atomic mass is 9.51. The third kappa shape index (κ3) is 3.61. The van der Waals surface area contributed by atoms with Gasteiger partial charge in [-0.05, 0) is 112 Å². The summed E-state index contributed by atoms with van der Waals surface area (Å²) < 4.78 is 80.2. The lowest BCUT2D eigenvalue weighted by molar-refractivity contribution is -0.309. The van der Waals surface area contributed by atoms with Crippen molar-refractivity contribution < 1.29 is 45.6 Å². The molecule has 2 atom stereocenters. The molecule has 1 aromatic rings. The Morgan fingerprint density at radius 3 is 2.30 bits per heavy atom. The number of hydrogen-bond donors (Lipinski definition) is 0. The van der Waals surface area contributed by atoms with Gasteiger partial charge in [0.1, 0.15) is 11.2 Å². The van der Waals surface area contributed by atoms with Crippen molar-refractivity contribution in [2.45, 2.75) is 48.7 Å². The van der Waals surface area contributed by atoms with Crippen LogP contribution in [-0.2, 0) is 24.4 Å². The highest BCUT2D eigenvalue weighted by molar-refractivity contribution is 14.1. The van der Waals surface area contributed by atoms with Crippen molar-refractivity contribution in [2.75, 3.05) is 0 Å². The number of fused-ring (bicyclic) bond motifs is 1. The van der Waals surface area contributed by atoms with Gasteiger partial charge in [0.25, 0.3) is 5.79 Å². The van der Waals surface area contributed by atoms with E-state index < -0.39 is 50.5 Å². The van der Waals surface area contributed by atoms with Gasteiger partial charge in [-0.15, -0.1) is 0 Å². The largest absolute Gasteiger partial charge is 0.743 e. The summed E-state index contributed by atoms with van der Waals surface area (Å²) in [6.45, 7) is 0. The number of ether oxygens (including phenoxy) is 3. The number of carbonyl (C=O) groups is 2. The topological polar surface area (TPSA) is 119 Å². The fourth-order valence-electron chi connectivity index (χ4n) is 5.88. The highest BCUT2D eigenvalue weighted by atomic mass is 127. The number of hydrogen-bond acceptors (Lipinski definition) is 8. The Labute approximate surface area is 228 Å². The molecule has 1 aliphatic heterocycles. The van der Waals surface area contributed by atoms with Gasteiger partial charge in [0, 0.05) is 19.0 Å². The van der Waals surface area contributed by atoms with Crippen LogP contribution in [0.3, 0.4) is 0 Å². The zero-order chi connectivity index (χ0) is 24.1. The molecule has 4 aliphatic carbocycles. The summed E-state index contributed by atoms with van der Waals surface area (Å²) in [5.41, 5.74) is -1.05. The van der Waals surface area contributed by atoms with Gasteiger partial charge >= 0.3 is 17.2 Å². The maximum Gasteiger partial charge on any atom is 0.428 e. The number of alkyl halides is 2. The second kappa shape index (κ2) is 7.71. The van der Waals surface area contributed by atoms with E-state index in [1.807, 2.05) is 0 Å². The molecule has 8 nitrogen and oxygen atoms in total. The lowest BCUT2D eigenvalue weighted by Gasteiger charge is -2.63. The average molecular weight is 821 g/mol. The van der Waals surface area contributed by atoms with E-state index in [4.69, 9.17) is 14.2 Å². The van der Waals surface area contributed by atoms with E-state index in [2.05, 4.69) is 67.8 Å². The molecule has 1 aromatic carbocycles. The lowest BCUT2D eigenvalue weighted by Crippen LogP contribution is -2.69. The summed E-state index contributed by atoms with van der Waals surface area (Å²) in [6.07, 6.45) is 1.54. The van der Waals surface area contributed by atoms with E-state index in [-0.39, 0.29) is 25.2 Å². The second-order valence-corrected chi connectivity index (χ2v) is 13.7. The molecule has 1 heterocycles. The molecule has 0 aromatic heterocycles. The summed E-state index contributed by atoms with van der Waals surface area (Å²) in [6, 6.07) is 1.69. The Morgan fingerprint density at radius 1 is 1.12 bits per heavy atom. The minimum absolute atomic E-state index is 0.00182. The Hall–Kier alpha value is -0.0800. The van der Waals surface area contributed by atoms with Crippen LogP contribution in [0.15, 0.2) is 6.07 Å². The van der Waals surface area contributed by atoms with Crippen molar-refractivity contribution in [3.05, 3.63) is 22.3 Å². The van der Waals surface area contributed by atoms with Gasteiger partial charge < -0.3 is 18.8 Å². The molecule has 2 unspecified atom stereocenters. The van der Waals surface area contributed by atoms with Crippen LogP contribution in [0.1, 0.15) is 42.5 Å². The monoisotopic (exact) mass is 821 g/mol. The van der Waals surface area contributed by atoms with E-state index in [1.165, 1.54) is 0 Å². The normalized spacial score (nSPS) is 34.6. The van der Waals surface area contributed by atoms with Crippen LogP contribution in [0.5, 0.6) is 5.75 Å². The van der Waals surface area contributed by atoms with E-state index in [1.54, 1.807) is 6.07 Å². The first kappa shape index (κ1) is 24.6. The zero-order valence-electron chi connectivity index (χ0n) is 16.4. The van der Waals surface area contributed by atoms with Crippen molar-refractivity contribution in [3.8, 4) is 5.75 Å². The second-order valence-electron chi connectivity index (χ2n) is 8.96. The van der Waals surface area contributed by atoms with Gasteiger partial charge in [-0.2, -0.15) is 8.78 Å². The minimum Gasteiger partial charge on any atom is -0.743 e. The third-order valence-electron chi connectivity index (χ3n) is 6.98. The molecule has 4 saturated carbocycles. The molecule has 0 saturated heterocycles. The highest BCUT2D eigenvalue weighted by Crippen LogP contribution is 2.64. The molecule has 5 aliphatic rings.